The van der Waals surface area contributed by atoms with Gasteiger partial charge in [0.05, 0.1) is 48.9 Å². The molecule has 0 unspecified atom stereocenters. The molecule has 1 aromatic carbocycles. The second kappa shape index (κ2) is 9.19. The van der Waals surface area contributed by atoms with E-state index in [-0.39, 0.29) is 56.7 Å². The summed E-state index contributed by atoms with van der Waals surface area (Å²) in [5.74, 6) is -3.41. The summed E-state index contributed by atoms with van der Waals surface area (Å²) in [6, 6.07) is 2.20. The summed E-state index contributed by atoms with van der Waals surface area (Å²) < 4.78 is 30.0. The molecular weight excluding hydrogens is 435 g/mol. The number of H-pyrrole nitrogens is 1. The molecule has 0 saturated heterocycles. The van der Waals surface area contributed by atoms with Gasteiger partial charge in [0.2, 0.25) is 5.43 Å². The number of aromatic nitrogens is 2. The van der Waals surface area contributed by atoms with Crippen LogP contribution in [-0.4, -0.2) is 48.7 Å². The van der Waals surface area contributed by atoms with E-state index in [9.17, 15) is 19.2 Å². The molecule has 0 aliphatic rings. The third kappa shape index (κ3) is 4.07. The van der Waals surface area contributed by atoms with Crippen LogP contribution in [0.4, 0.5) is 4.39 Å². The molecule has 0 spiro atoms. The van der Waals surface area contributed by atoms with Crippen molar-refractivity contribution in [2.45, 2.75) is 20.8 Å². The molecule has 0 saturated carbocycles. The van der Waals surface area contributed by atoms with Crippen molar-refractivity contribution >= 4 is 28.8 Å². The van der Waals surface area contributed by atoms with Gasteiger partial charge in [-0.05, 0) is 32.9 Å². The molecule has 172 valence electrons. The number of fused-ring (bicyclic) bond motifs is 1. The highest BCUT2D eigenvalue weighted by molar-refractivity contribution is 6.08. The van der Waals surface area contributed by atoms with E-state index in [0.717, 1.165) is 26.5 Å². The van der Waals surface area contributed by atoms with E-state index in [1.54, 1.807) is 6.92 Å². The molecule has 2 aromatic heterocycles. The fourth-order valence-corrected chi connectivity index (χ4v) is 3.62. The van der Waals surface area contributed by atoms with Crippen molar-refractivity contribution < 1.29 is 33.0 Å². The number of nitrogens with one attached hydrogen (secondary N) is 1. The molecule has 10 heteroatoms. The lowest BCUT2D eigenvalue weighted by Crippen LogP contribution is -2.19. The first-order valence-electron chi connectivity index (χ1n) is 9.86. The van der Waals surface area contributed by atoms with Gasteiger partial charge in [0.25, 0.3) is 0 Å². The largest absolute Gasteiger partial charge is 0.465 e. The zero-order valence-corrected chi connectivity index (χ0v) is 18.6. The monoisotopic (exact) mass is 456 g/mol. The minimum atomic E-state index is -0.908. The fraction of sp³-hybridized carbons (Fsp3) is 0.261. The predicted molar refractivity (Wildman–Crippen MR) is 116 cm³/mol. The van der Waals surface area contributed by atoms with Crippen molar-refractivity contribution in [3.8, 4) is 11.1 Å². The Morgan fingerprint density at radius 2 is 1.58 bits per heavy atom. The Kier molecular flexibility index (Phi) is 6.57. The summed E-state index contributed by atoms with van der Waals surface area (Å²) >= 11 is 0. The van der Waals surface area contributed by atoms with Crippen LogP contribution in [0.25, 0.3) is 22.0 Å². The zero-order valence-electron chi connectivity index (χ0n) is 18.6. The molecule has 33 heavy (non-hydrogen) atoms. The van der Waals surface area contributed by atoms with Crippen molar-refractivity contribution in [1.82, 2.24) is 9.97 Å². The van der Waals surface area contributed by atoms with Crippen molar-refractivity contribution in [3.05, 3.63) is 62.4 Å². The van der Waals surface area contributed by atoms with Gasteiger partial charge >= 0.3 is 17.9 Å². The molecule has 0 aliphatic heterocycles. The predicted octanol–water partition coefficient (Wildman–Crippen LogP) is 3.10. The zero-order chi connectivity index (χ0) is 24.4. The number of esters is 3. The molecule has 3 aromatic rings. The van der Waals surface area contributed by atoms with Gasteiger partial charge in [-0.1, -0.05) is 0 Å². The smallest absolute Gasteiger partial charge is 0.343 e. The lowest BCUT2D eigenvalue weighted by molar-refractivity contribution is 0.0522. The number of hydrogen-bond donors (Lipinski definition) is 1. The van der Waals surface area contributed by atoms with Crippen LogP contribution < -0.4 is 5.43 Å². The summed E-state index contributed by atoms with van der Waals surface area (Å²) in [6.07, 6.45) is 1.16. The molecule has 9 nitrogen and oxygen atoms in total. The standard InChI is InChI=1S/C23H21FN2O7/c1-6-33-21(28)14-9-25-16-8-12(15(24)7-13(16)20(14)27)19-17(22(29)31-4)10(2)26-11(3)18(19)23(30)32-5/h7-9H,6H2,1-5H3,(H,25,27). The van der Waals surface area contributed by atoms with Gasteiger partial charge in [-0.15, -0.1) is 0 Å². The minimum Gasteiger partial charge on any atom is -0.465 e. The van der Waals surface area contributed by atoms with E-state index >= 15 is 4.39 Å². The number of hydrogen-bond acceptors (Lipinski definition) is 8. The Labute approximate surface area is 187 Å². The van der Waals surface area contributed by atoms with Gasteiger partial charge in [-0.3, -0.25) is 9.78 Å². The Morgan fingerprint density at radius 3 is 2.09 bits per heavy atom. The van der Waals surface area contributed by atoms with Crippen LogP contribution in [0.1, 0.15) is 49.4 Å². The molecule has 0 amide bonds. The summed E-state index contributed by atoms with van der Waals surface area (Å²) in [5.41, 5.74) is -0.874. The number of rotatable bonds is 5. The number of aryl methyl sites for hydroxylation is 2. The summed E-state index contributed by atoms with van der Waals surface area (Å²) in [7, 11) is 2.29. The van der Waals surface area contributed by atoms with E-state index in [1.165, 1.54) is 19.9 Å². The average Bonchev–Trinajstić information content (AvgIpc) is 2.78. The minimum absolute atomic E-state index is 0.0664. The summed E-state index contributed by atoms with van der Waals surface area (Å²) in [4.78, 5) is 56.9. The number of carbonyl (C=O) groups excluding carboxylic acids is 3. The Bertz CT molecular complexity index is 1320. The van der Waals surface area contributed by atoms with Crippen molar-refractivity contribution in [2.75, 3.05) is 20.8 Å². The van der Waals surface area contributed by atoms with E-state index in [0.29, 0.717) is 0 Å². The van der Waals surface area contributed by atoms with E-state index in [2.05, 4.69) is 9.97 Å². The van der Waals surface area contributed by atoms with Crippen LogP contribution >= 0.6 is 0 Å². The lowest BCUT2D eigenvalue weighted by atomic mass is 9.91. The highest BCUT2D eigenvalue weighted by Crippen LogP contribution is 2.35. The maximum Gasteiger partial charge on any atom is 0.343 e. The second-order valence-electron chi connectivity index (χ2n) is 7.02. The molecule has 3 rings (SSSR count). The van der Waals surface area contributed by atoms with Crippen molar-refractivity contribution in [3.63, 3.8) is 0 Å². The van der Waals surface area contributed by atoms with Gasteiger partial charge in [-0.25, -0.2) is 18.8 Å². The molecule has 0 aliphatic carbocycles. The first kappa shape index (κ1) is 23.6. The number of nitrogens with zero attached hydrogens (tertiary/aromatic N) is 1. The van der Waals surface area contributed by atoms with Crippen LogP contribution in [0.5, 0.6) is 0 Å². The van der Waals surface area contributed by atoms with Gasteiger partial charge in [0.15, 0.2) is 0 Å². The second-order valence-corrected chi connectivity index (χ2v) is 7.02. The Balaban J connectivity index is 2.41. The van der Waals surface area contributed by atoms with Crippen molar-refractivity contribution in [2.24, 2.45) is 0 Å². The summed E-state index contributed by atoms with van der Waals surface area (Å²) in [6.45, 7) is 4.71. The molecule has 0 fully saturated rings. The normalized spacial score (nSPS) is 10.7. The number of methoxy groups -OCH3 is 2. The van der Waals surface area contributed by atoms with Gasteiger partial charge in [-0.2, -0.15) is 0 Å². The van der Waals surface area contributed by atoms with Gasteiger partial charge < -0.3 is 19.2 Å². The fourth-order valence-electron chi connectivity index (χ4n) is 3.62. The summed E-state index contributed by atoms with van der Waals surface area (Å²) in [5, 5.41) is -0.108. The maximum absolute atomic E-state index is 15.4. The van der Waals surface area contributed by atoms with Crippen LogP contribution in [0.2, 0.25) is 0 Å². The first-order chi connectivity index (χ1) is 15.7. The molecule has 0 radical (unpaired) electrons. The number of carbonyl (C=O) groups is 3. The third-order valence-corrected chi connectivity index (χ3v) is 5.07. The topological polar surface area (TPSA) is 125 Å². The van der Waals surface area contributed by atoms with Gasteiger partial charge in [0, 0.05) is 22.7 Å². The SMILES string of the molecule is CCOC(=O)c1c[nH]c2cc(-c3c(C(=O)OC)c(C)nc(C)c3C(=O)OC)c(F)cc2c1=O. The highest BCUT2D eigenvalue weighted by Gasteiger charge is 2.29. The van der Waals surface area contributed by atoms with Crippen LogP contribution in [-0.2, 0) is 14.2 Å². The van der Waals surface area contributed by atoms with E-state index < -0.39 is 29.2 Å². The number of benzene rings is 1. The molecule has 0 bridgehead atoms. The van der Waals surface area contributed by atoms with Crippen LogP contribution in [0.15, 0.2) is 23.1 Å². The van der Waals surface area contributed by atoms with Crippen LogP contribution in [0, 0.1) is 19.7 Å². The van der Waals surface area contributed by atoms with Crippen LogP contribution in [0.3, 0.4) is 0 Å². The average molecular weight is 456 g/mol. The molecule has 1 N–H and O–H groups in total. The Hall–Kier alpha value is -4.08. The molecule has 0 atom stereocenters. The molecular formula is C23H21FN2O7. The molecule has 2 heterocycles. The highest BCUT2D eigenvalue weighted by atomic mass is 19.1. The lowest BCUT2D eigenvalue weighted by Gasteiger charge is -2.18. The number of ether oxygens (including phenoxy) is 3. The third-order valence-electron chi connectivity index (χ3n) is 5.07. The van der Waals surface area contributed by atoms with Crippen molar-refractivity contribution in [1.29, 1.82) is 0 Å². The number of aromatic amines is 1. The Morgan fingerprint density at radius 1 is 1.00 bits per heavy atom. The first-order valence-corrected chi connectivity index (χ1v) is 9.86. The number of pyridine rings is 2. The number of halogens is 1. The van der Waals surface area contributed by atoms with Gasteiger partial charge in [0.1, 0.15) is 11.4 Å². The maximum atomic E-state index is 15.4. The van der Waals surface area contributed by atoms with E-state index in [1.807, 2.05) is 0 Å². The quantitative estimate of drug-likeness (QED) is 0.459. The van der Waals surface area contributed by atoms with E-state index in [4.69, 9.17) is 14.2 Å².